The molecule has 0 atom stereocenters. The number of aromatic nitrogens is 2. The van der Waals surface area contributed by atoms with Crippen LogP contribution >= 0.6 is 0 Å². The molecule has 26 heavy (non-hydrogen) atoms. The Morgan fingerprint density at radius 1 is 0.962 bits per heavy atom. The van der Waals surface area contributed by atoms with Crippen LogP contribution in [-0.2, 0) is 0 Å². The number of ether oxygens (including phenoxy) is 2. The van der Waals surface area contributed by atoms with E-state index in [0.29, 0.717) is 30.5 Å². The zero-order chi connectivity index (χ0) is 18.6. The van der Waals surface area contributed by atoms with Crippen molar-refractivity contribution < 1.29 is 9.47 Å². The number of unbranched alkanes of at least 4 members (excludes halogenated alkanes) is 2. The van der Waals surface area contributed by atoms with Crippen molar-refractivity contribution in [3.8, 4) is 11.6 Å². The first kappa shape index (κ1) is 19.7. The van der Waals surface area contributed by atoms with E-state index in [2.05, 4.69) is 48.8 Å². The van der Waals surface area contributed by atoms with Gasteiger partial charge in [0.25, 0.3) is 5.88 Å². The first-order valence-corrected chi connectivity index (χ1v) is 9.36. The Morgan fingerprint density at radius 2 is 1.69 bits per heavy atom. The lowest BCUT2D eigenvalue weighted by molar-refractivity contribution is 0.250. The van der Waals surface area contributed by atoms with Crippen molar-refractivity contribution in [2.45, 2.75) is 46.5 Å². The summed E-state index contributed by atoms with van der Waals surface area (Å²) in [6.07, 6.45) is 7.88. The molecule has 0 fully saturated rings. The fourth-order valence-electron chi connectivity index (χ4n) is 2.26. The second kappa shape index (κ2) is 11.1. The highest BCUT2D eigenvalue weighted by Gasteiger charge is 2.09. The molecule has 0 radical (unpaired) electrons. The van der Waals surface area contributed by atoms with Crippen molar-refractivity contribution in [1.29, 1.82) is 0 Å². The van der Waals surface area contributed by atoms with E-state index >= 15 is 0 Å². The highest BCUT2D eigenvalue weighted by Crippen LogP contribution is 2.25. The molecule has 0 spiro atoms. The predicted molar refractivity (Wildman–Crippen MR) is 106 cm³/mol. The quantitative estimate of drug-likeness (QED) is 0.420. The van der Waals surface area contributed by atoms with E-state index < -0.39 is 0 Å². The van der Waals surface area contributed by atoms with Crippen molar-refractivity contribution in [2.75, 3.05) is 13.2 Å². The Balaban J connectivity index is 2.16. The highest BCUT2D eigenvalue weighted by atomic mass is 16.5. The molecule has 1 aromatic carbocycles. The fourth-order valence-corrected chi connectivity index (χ4v) is 2.26. The lowest BCUT2D eigenvalue weighted by Gasteiger charge is -2.11. The second-order valence-electron chi connectivity index (χ2n) is 6.15. The molecule has 2 rings (SSSR count). The van der Waals surface area contributed by atoms with E-state index in [9.17, 15) is 0 Å². The van der Waals surface area contributed by atoms with E-state index in [-0.39, 0.29) is 0 Å². The van der Waals surface area contributed by atoms with Crippen LogP contribution in [0.2, 0.25) is 0 Å². The van der Waals surface area contributed by atoms with Crippen molar-refractivity contribution in [2.24, 2.45) is 0 Å². The van der Waals surface area contributed by atoms with Crippen molar-refractivity contribution in [3.63, 3.8) is 0 Å². The molecule has 0 amide bonds. The number of rotatable bonds is 10. The third-order valence-electron chi connectivity index (χ3n) is 3.90. The summed E-state index contributed by atoms with van der Waals surface area (Å²) in [5.41, 5.74) is 6.22. The van der Waals surface area contributed by atoms with Crippen LogP contribution in [0.4, 0.5) is 0 Å². The number of aryl methyl sites for hydroxylation is 1. The van der Waals surface area contributed by atoms with Crippen LogP contribution in [0.1, 0.15) is 56.4 Å². The minimum atomic E-state index is 0.467. The smallest absolute Gasteiger partial charge is 0.276 e. The maximum Gasteiger partial charge on any atom is 0.276 e. The molecule has 4 nitrogen and oxygen atoms in total. The second-order valence-corrected chi connectivity index (χ2v) is 6.15. The van der Waals surface area contributed by atoms with E-state index in [1.165, 1.54) is 5.56 Å². The first-order valence-electron chi connectivity index (χ1n) is 9.36. The van der Waals surface area contributed by atoms with Gasteiger partial charge in [-0.2, -0.15) is 0 Å². The molecule has 138 valence electrons. The van der Waals surface area contributed by atoms with Gasteiger partial charge >= 0.3 is 0 Å². The van der Waals surface area contributed by atoms with Crippen molar-refractivity contribution in [1.82, 2.24) is 10.2 Å². The van der Waals surface area contributed by atoms with Gasteiger partial charge < -0.3 is 9.47 Å². The van der Waals surface area contributed by atoms with Gasteiger partial charge in [0.2, 0.25) is 0 Å². The van der Waals surface area contributed by atoms with Crippen LogP contribution in [0, 0.1) is 6.92 Å². The van der Waals surface area contributed by atoms with Crippen LogP contribution in [-0.4, -0.2) is 23.4 Å². The van der Waals surface area contributed by atoms with Gasteiger partial charge in [0.15, 0.2) is 5.75 Å². The predicted octanol–water partition coefficient (Wildman–Crippen LogP) is 5.47. The van der Waals surface area contributed by atoms with E-state index in [1.807, 2.05) is 30.4 Å². The summed E-state index contributed by atoms with van der Waals surface area (Å²) in [5, 5.41) is 8.40. The van der Waals surface area contributed by atoms with Gasteiger partial charge in [-0.25, -0.2) is 0 Å². The first-order chi connectivity index (χ1) is 12.7. The van der Waals surface area contributed by atoms with Crippen molar-refractivity contribution >= 4 is 12.2 Å². The minimum Gasteiger partial charge on any atom is -0.488 e. The number of hydrogen-bond acceptors (Lipinski definition) is 4. The van der Waals surface area contributed by atoms with E-state index in [4.69, 9.17) is 9.47 Å². The summed E-state index contributed by atoms with van der Waals surface area (Å²) < 4.78 is 11.6. The molecule has 4 heteroatoms. The minimum absolute atomic E-state index is 0.467. The Hall–Kier alpha value is -2.58. The summed E-state index contributed by atoms with van der Waals surface area (Å²) >= 11 is 0. The van der Waals surface area contributed by atoms with Crippen LogP contribution in [0.5, 0.6) is 11.6 Å². The summed E-state index contributed by atoms with van der Waals surface area (Å²) in [7, 11) is 0. The van der Waals surface area contributed by atoms with E-state index in [0.717, 1.165) is 31.2 Å². The van der Waals surface area contributed by atoms with Crippen LogP contribution in [0.3, 0.4) is 0 Å². The summed E-state index contributed by atoms with van der Waals surface area (Å²) in [6.45, 7) is 7.61. The van der Waals surface area contributed by atoms with Crippen LogP contribution < -0.4 is 9.47 Å². The third kappa shape index (κ3) is 6.38. The molecule has 0 unspecified atom stereocenters. The Bertz CT molecular complexity index is 750. The molecule has 1 heterocycles. The standard InChI is InChI=1S/C22H28N2O2/c1-4-6-15-25-21-17-20(23-24-22(21)26-16-7-5-2)14-10-13-19-12-9-8-11-18(19)3/h8-9,11-14,17H,4-7,15-16H2,1-3H3. The van der Waals surface area contributed by atoms with Gasteiger partial charge in [0, 0.05) is 12.1 Å². The highest BCUT2D eigenvalue weighted by molar-refractivity contribution is 5.58. The summed E-state index contributed by atoms with van der Waals surface area (Å²) in [4.78, 5) is 0. The zero-order valence-corrected chi connectivity index (χ0v) is 16.0. The number of benzene rings is 1. The van der Waals surface area contributed by atoms with Gasteiger partial charge in [-0.15, -0.1) is 15.9 Å². The van der Waals surface area contributed by atoms with Gasteiger partial charge in [-0.05, 0) is 37.0 Å². The summed E-state index contributed by atoms with van der Waals surface area (Å²) in [5.74, 6) is 1.11. The number of nitrogens with zero attached hydrogens (tertiary/aromatic N) is 2. The average molecular weight is 352 g/mol. The van der Waals surface area contributed by atoms with Gasteiger partial charge in [-0.3, -0.25) is 0 Å². The maximum absolute atomic E-state index is 5.85. The van der Waals surface area contributed by atoms with Gasteiger partial charge in [0.05, 0.1) is 18.9 Å². The van der Waals surface area contributed by atoms with Crippen LogP contribution in [0.15, 0.2) is 36.1 Å². The molecule has 0 aliphatic carbocycles. The Labute approximate surface area is 156 Å². The molecule has 0 aliphatic rings. The molecule has 2 aromatic rings. The fraction of sp³-hybridized carbons (Fsp3) is 0.409. The van der Waals surface area contributed by atoms with E-state index in [1.54, 1.807) is 0 Å². The Kier molecular flexibility index (Phi) is 8.44. The monoisotopic (exact) mass is 352 g/mol. The third-order valence-corrected chi connectivity index (χ3v) is 3.90. The molecular formula is C22H28N2O2. The molecule has 0 saturated carbocycles. The summed E-state index contributed by atoms with van der Waals surface area (Å²) in [6, 6.07) is 10.0. The molecular weight excluding hydrogens is 324 g/mol. The SMILES string of the molecule is CCCCOc1cc(C=C=Cc2ccccc2C)nnc1OCCCC. The molecule has 0 N–H and O–H groups in total. The molecule has 0 saturated heterocycles. The molecule has 0 bridgehead atoms. The lowest BCUT2D eigenvalue weighted by Crippen LogP contribution is -2.05. The Morgan fingerprint density at radius 3 is 2.42 bits per heavy atom. The maximum atomic E-state index is 5.85. The normalized spacial score (nSPS) is 10.1. The largest absolute Gasteiger partial charge is 0.488 e. The average Bonchev–Trinajstić information content (AvgIpc) is 2.65. The molecule has 1 aromatic heterocycles. The van der Waals surface area contributed by atoms with Crippen LogP contribution in [0.25, 0.3) is 12.2 Å². The van der Waals surface area contributed by atoms with Gasteiger partial charge in [0.1, 0.15) is 0 Å². The number of hydrogen-bond donors (Lipinski definition) is 0. The van der Waals surface area contributed by atoms with Gasteiger partial charge in [-0.1, -0.05) is 51.0 Å². The van der Waals surface area contributed by atoms with Crippen molar-refractivity contribution in [3.05, 3.63) is 52.9 Å². The zero-order valence-electron chi connectivity index (χ0n) is 16.0. The lowest BCUT2D eigenvalue weighted by atomic mass is 10.1. The topological polar surface area (TPSA) is 44.2 Å². The molecule has 0 aliphatic heterocycles.